The monoisotopic (exact) mass is 345 g/mol. The van der Waals surface area contributed by atoms with Crippen molar-refractivity contribution in [2.45, 2.75) is 13.8 Å². The van der Waals surface area contributed by atoms with Crippen LogP contribution in [0.15, 0.2) is 29.0 Å². The molecule has 0 bridgehead atoms. The lowest BCUT2D eigenvalue weighted by Crippen LogP contribution is -2.26. The largest absolute Gasteiger partial charge is 0.496 e. The zero-order valence-corrected chi connectivity index (χ0v) is 13.5. The van der Waals surface area contributed by atoms with Gasteiger partial charge in [-0.3, -0.25) is 0 Å². The molecular formula is C15H14BrN4O+. The second-order valence-corrected chi connectivity index (χ2v) is 6.01. The van der Waals surface area contributed by atoms with Gasteiger partial charge in [-0.05, 0) is 48.0 Å². The molecule has 0 saturated carbocycles. The minimum absolute atomic E-state index is 0.865. The van der Waals surface area contributed by atoms with Crippen molar-refractivity contribution in [2.75, 3.05) is 12.4 Å². The van der Waals surface area contributed by atoms with Crippen molar-refractivity contribution in [2.24, 2.45) is 0 Å². The fourth-order valence-electron chi connectivity index (χ4n) is 2.88. The normalized spacial score (nSPS) is 12.2. The number of hydrogen-bond donors (Lipinski definition) is 1. The van der Waals surface area contributed by atoms with Gasteiger partial charge in [0.2, 0.25) is 0 Å². The number of ether oxygens (including phenoxy) is 1. The number of anilines is 2. The van der Waals surface area contributed by atoms with Gasteiger partial charge in [-0.25, -0.2) is 0 Å². The molecule has 1 aliphatic heterocycles. The molecule has 2 aromatic heterocycles. The van der Waals surface area contributed by atoms with E-state index < -0.39 is 0 Å². The molecule has 3 heterocycles. The summed E-state index contributed by atoms with van der Waals surface area (Å²) in [7, 11) is 1.69. The van der Waals surface area contributed by atoms with E-state index in [9.17, 15) is 0 Å². The van der Waals surface area contributed by atoms with Gasteiger partial charge in [0, 0.05) is 10.7 Å². The Balaban J connectivity index is 2.12. The van der Waals surface area contributed by atoms with E-state index in [4.69, 9.17) is 4.74 Å². The van der Waals surface area contributed by atoms with Gasteiger partial charge in [-0.1, -0.05) is 4.68 Å². The van der Waals surface area contributed by atoms with Gasteiger partial charge >= 0.3 is 0 Å². The minimum atomic E-state index is 0.865. The maximum absolute atomic E-state index is 5.42. The number of nitrogens with one attached hydrogen (secondary N) is 1. The Hall–Kier alpha value is -2.08. The van der Waals surface area contributed by atoms with E-state index in [1.165, 1.54) is 0 Å². The average Bonchev–Trinajstić information content (AvgIpc) is 2.91. The number of pyridine rings is 1. The average molecular weight is 346 g/mol. The number of aromatic nitrogens is 3. The third-order valence-electron chi connectivity index (χ3n) is 3.98. The number of hydrogen-bond acceptors (Lipinski definition) is 3. The van der Waals surface area contributed by atoms with E-state index >= 15 is 0 Å². The van der Waals surface area contributed by atoms with Gasteiger partial charge in [0.1, 0.15) is 11.4 Å². The lowest BCUT2D eigenvalue weighted by Gasteiger charge is -2.19. The minimum Gasteiger partial charge on any atom is -0.496 e. The van der Waals surface area contributed by atoms with Crippen molar-refractivity contribution < 1.29 is 9.14 Å². The zero-order chi connectivity index (χ0) is 14.7. The van der Waals surface area contributed by atoms with E-state index in [-0.39, 0.29) is 0 Å². The quantitative estimate of drug-likeness (QED) is 0.539. The summed E-state index contributed by atoms with van der Waals surface area (Å²) in [5, 5.41) is 8.06. The zero-order valence-electron chi connectivity index (χ0n) is 11.9. The summed E-state index contributed by atoms with van der Waals surface area (Å²) >= 11 is 3.64. The van der Waals surface area contributed by atoms with Crippen molar-refractivity contribution in [1.29, 1.82) is 0 Å². The summed E-state index contributed by atoms with van der Waals surface area (Å²) in [5.74, 6) is 0.865. The molecule has 0 unspecified atom stereocenters. The molecule has 1 aliphatic rings. The lowest BCUT2D eigenvalue weighted by molar-refractivity contribution is -0.519. The summed E-state index contributed by atoms with van der Waals surface area (Å²) < 4.78 is 10.5. The molecule has 21 heavy (non-hydrogen) atoms. The fourth-order valence-corrected chi connectivity index (χ4v) is 3.49. The first-order valence-electron chi connectivity index (χ1n) is 6.65. The van der Waals surface area contributed by atoms with E-state index in [1.807, 2.05) is 30.1 Å². The molecule has 0 radical (unpaired) electrons. The smallest absolute Gasteiger partial charge is 0.295 e. The molecule has 0 atom stereocenters. The Bertz CT molecular complexity index is 901. The van der Waals surface area contributed by atoms with Crippen LogP contribution in [0.2, 0.25) is 0 Å². The van der Waals surface area contributed by atoms with E-state index in [2.05, 4.69) is 43.7 Å². The first kappa shape index (κ1) is 12.6. The molecule has 3 aromatic rings. The molecule has 0 aliphatic carbocycles. The number of halogens is 1. The van der Waals surface area contributed by atoms with E-state index in [0.29, 0.717) is 0 Å². The summed E-state index contributed by atoms with van der Waals surface area (Å²) in [6.07, 6.45) is 1.84. The summed E-state index contributed by atoms with van der Waals surface area (Å²) in [6.45, 7) is 4.11. The molecule has 5 nitrogen and oxygen atoms in total. The second-order valence-electron chi connectivity index (χ2n) is 5.16. The molecule has 1 N–H and O–H groups in total. The van der Waals surface area contributed by atoms with Crippen LogP contribution in [0.25, 0.3) is 11.3 Å². The van der Waals surface area contributed by atoms with Crippen molar-refractivity contribution >= 4 is 33.0 Å². The van der Waals surface area contributed by atoms with Crippen LogP contribution in [-0.2, 0) is 0 Å². The maximum atomic E-state index is 5.42. The summed E-state index contributed by atoms with van der Waals surface area (Å²) in [6, 6.07) is 6.09. The van der Waals surface area contributed by atoms with Gasteiger partial charge in [0.05, 0.1) is 23.0 Å². The molecule has 4 rings (SSSR count). The van der Waals surface area contributed by atoms with Crippen LogP contribution >= 0.6 is 15.9 Å². The number of benzene rings is 1. The predicted octanol–water partition coefficient (Wildman–Crippen LogP) is 3.06. The highest BCUT2D eigenvalue weighted by Gasteiger charge is 2.30. The summed E-state index contributed by atoms with van der Waals surface area (Å²) in [4.78, 5) is 0. The van der Waals surface area contributed by atoms with Crippen molar-refractivity contribution in [3.63, 3.8) is 0 Å². The van der Waals surface area contributed by atoms with Gasteiger partial charge in [0.15, 0.2) is 5.69 Å². The highest BCUT2D eigenvalue weighted by Crippen LogP contribution is 2.41. The van der Waals surface area contributed by atoms with Crippen LogP contribution < -0.4 is 14.5 Å². The summed E-state index contributed by atoms with van der Waals surface area (Å²) in [5.41, 5.74) is 6.29. The van der Waals surface area contributed by atoms with Crippen LogP contribution in [0.5, 0.6) is 5.75 Å². The first-order valence-corrected chi connectivity index (χ1v) is 7.44. The SMILES string of the molecule is COc1ccc2c(c1C)Nc1c(Br)cc(C)[n+]3cnn-2c13. The number of fused-ring (bicyclic) bond motifs is 2. The molecular weight excluding hydrogens is 332 g/mol. The Morgan fingerprint density at radius 1 is 1.29 bits per heavy atom. The molecule has 0 amide bonds. The number of rotatable bonds is 1. The third kappa shape index (κ3) is 1.56. The van der Waals surface area contributed by atoms with Crippen LogP contribution in [0, 0.1) is 13.8 Å². The molecule has 0 fully saturated rings. The van der Waals surface area contributed by atoms with Crippen molar-refractivity contribution in [3.8, 4) is 11.4 Å². The molecule has 0 spiro atoms. The Morgan fingerprint density at radius 3 is 2.86 bits per heavy atom. The van der Waals surface area contributed by atoms with Crippen LogP contribution in [-0.4, -0.2) is 16.9 Å². The fraction of sp³-hybridized carbons (Fsp3) is 0.200. The van der Waals surface area contributed by atoms with Gasteiger partial charge in [-0.15, -0.1) is 0 Å². The molecule has 6 heteroatoms. The highest BCUT2D eigenvalue weighted by atomic mass is 79.9. The highest BCUT2D eigenvalue weighted by molar-refractivity contribution is 9.10. The number of aryl methyl sites for hydroxylation is 1. The van der Waals surface area contributed by atoms with E-state index in [0.717, 1.165) is 44.2 Å². The van der Waals surface area contributed by atoms with E-state index in [1.54, 1.807) is 7.11 Å². The number of nitrogens with zero attached hydrogens (tertiary/aromatic N) is 3. The second kappa shape index (κ2) is 4.21. The lowest BCUT2D eigenvalue weighted by atomic mass is 10.1. The van der Waals surface area contributed by atoms with Crippen LogP contribution in [0.1, 0.15) is 11.3 Å². The number of methoxy groups -OCH3 is 1. The van der Waals surface area contributed by atoms with Gasteiger partial charge in [0.25, 0.3) is 12.0 Å². The molecule has 1 aromatic carbocycles. The topological polar surface area (TPSA) is 43.2 Å². The Morgan fingerprint density at radius 2 is 2.10 bits per heavy atom. The maximum Gasteiger partial charge on any atom is 0.295 e. The van der Waals surface area contributed by atoms with Crippen molar-refractivity contribution in [3.05, 3.63) is 40.3 Å². The third-order valence-corrected chi connectivity index (χ3v) is 4.61. The standard InChI is InChI=1S/C15H14BrN4O/c1-8-6-10(16)14-15-19(8)7-17-20(15)11-4-5-12(21-3)9(2)13(11)18-14/h4-7,18H,1-3H3/q+1. The van der Waals surface area contributed by atoms with Gasteiger partial charge < -0.3 is 10.1 Å². The Labute approximate surface area is 130 Å². The first-order chi connectivity index (χ1) is 10.1. The van der Waals surface area contributed by atoms with Gasteiger partial charge in [-0.2, -0.15) is 4.40 Å². The Kier molecular flexibility index (Phi) is 2.53. The van der Waals surface area contributed by atoms with Crippen LogP contribution in [0.4, 0.5) is 11.4 Å². The molecule has 0 saturated heterocycles. The predicted molar refractivity (Wildman–Crippen MR) is 83.7 cm³/mol. The van der Waals surface area contributed by atoms with Crippen molar-refractivity contribution in [1.82, 2.24) is 9.78 Å². The molecule has 106 valence electrons. The van der Waals surface area contributed by atoms with Crippen LogP contribution in [0.3, 0.4) is 0 Å².